The van der Waals surface area contributed by atoms with Crippen LogP contribution in [0.2, 0.25) is 0 Å². The van der Waals surface area contributed by atoms with Crippen LogP contribution in [0.3, 0.4) is 0 Å². The second-order valence-electron chi connectivity index (χ2n) is 4.99. The van der Waals surface area contributed by atoms with Gasteiger partial charge in [0.15, 0.2) is 6.61 Å². The number of rotatable bonds is 6. The number of ether oxygens (including phenoxy) is 1. The van der Waals surface area contributed by atoms with Gasteiger partial charge in [-0.2, -0.15) is 0 Å². The van der Waals surface area contributed by atoms with Crippen molar-refractivity contribution in [2.45, 2.75) is 13.0 Å². The molecule has 1 unspecified atom stereocenters. The van der Waals surface area contributed by atoms with Crippen molar-refractivity contribution in [1.29, 1.82) is 0 Å². The maximum absolute atomic E-state index is 12.0. The van der Waals surface area contributed by atoms with Gasteiger partial charge in [-0.05, 0) is 36.8 Å². The van der Waals surface area contributed by atoms with Crippen molar-refractivity contribution in [3.8, 4) is 5.75 Å². The molecule has 0 bridgehead atoms. The number of para-hydroxylation sites is 1. The zero-order valence-electron chi connectivity index (χ0n) is 12.6. The zero-order chi connectivity index (χ0) is 16.8. The highest BCUT2D eigenvalue weighted by Crippen LogP contribution is 2.18. The smallest absolute Gasteiger partial charge is 0.258 e. The number of nitrogens with two attached hydrogens (primary N) is 1. The molecule has 0 aromatic heterocycles. The first-order valence-corrected chi connectivity index (χ1v) is 7.83. The fourth-order valence-electron chi connectivity index (χ4n) is 2.06. The average molecular weight is 377 g/mol. The van der Waals surface area contributed by atoms with Gasteiger partial charge >= 0.3 is 0 Å². The summed E-state index contributed by atoms with van der Waals surface area (Å²) in [5, 5.41) is 2.84. The molecule has 120 valence electrons. The van der Waals surface area contributed by atoms with E-state index in [-0.39, 0.29) is 24.1 Å². The lowest BCUT2D eigenvalue weighted by molar-refractivity contribution is -0.123. The molecule has 2 aromatic carbocycles. The lowest BCUT2D eigenvalue weighted by Crippen LogP contribution is -2.31. The molecular formula is C17H17BrN2O3. The Balaban J connectivity index is 1.93. The van der Waals surface area contributed by atoms with E-state index in [1.165, 1.54) is 0 Å². The standard InChI is InChI=1S/C17H17BrN2O3/c1-11(12-6-8-13(18)9-7-12)20-16(21)10-23-15-5-3-2-4-14(15)17(19)22/h2-9,11H,10H2,1H3,(H2,19,22)(H,20,21). The molecule has 0 aliphatic heterocycles. The van der Waals surface area contributed by atoms with Crippen LogP contribution in [0.25, 0.3) is 0 Å². The van der Waals surface area contributed by atoms with Gasteiger partial charge in [0, 0.05) is 4.47 Å². The maximum atomic E-state index is 12.0. The maximum Gasteiger partial charge on any atom is 0.258 e. The molecule has 0 saturated heterocycles. The molecule has 0 saturated carbocycles. The van der Waals surface area contributed by atoms with Gasteiger partial charge in [-0.25, -0.2) is 0 Å². The number of nitrogens with one attached hydrogen (secondary N) is 1. The molecule has 0 spiro atoms. The summed E-state index contributed by atoms with van der Waals surface area (Å²) in [5.74, 6) is -0.574. The first-order chi connectivity index (χ1) is 11.0. The lowest BCUT2D eigenvalue weighted by atomic mass is 10.1. The third-order valence-electron chi connectivity index (χ3n) is 3.26. The third-order valence-corrected chi connectivity index (χ3v) is 3.79. The number of amides is 2. The number of hydrogen-bond acceptors (Lipinski definition) is 3. The molecule has 2 rings (SSSR count). The molecule has 1 atom stereocenters. The summed E-state index contributed by atoms with van der Waals surface area (Å²) in [6.07, 6.45) is 0. The summed E-state index contributed by atoms with van der Waals surface area (Å²) < 4.78 is 6.37. The fourth-order valence-corrected chi connectivity index (χ4v) is 2.32. The Kier molecular flexibility index (Phi) is 5.76. The molecule has 0 aliphatic rings. The Morgan fingerprint density at radius 2 is 1.83 bits per heavy atom. The van der Waals surface area contributed by atoms with Crippen LogP contribution in [0.15, 0.2) is 53.0 Å². The Labute approximate surface area is 143 Å². The van der Waals surface area contributed by atoms with Crippen LogP contribution >= 0.6 is 15.9 Å². The molecular weight excluding hydrogens is 360 g/mol. The Hall–Kier alpha value is -2.34. The van der Waals surface area contributed by atoms with E-state index in [9.17, 15) is 9.59 Å². The molecule has 3 N–H and O–H groups in total. The molecule has 0 aliphatic carbocycles. The lowest BCUT2D eigenvalue weighted by Gasteiger charge is -2.15. The summed E-state index contributed by atoms with van der Waals surface area (Å²) >= 11 is 3.37. The molecule has 2 amide bonds. The van der Waals surface area contributed by atoms with E-state index in [0.29, 0.717) is 5.75 Å². The van der Waals surface area contributed by atoms with Crippen molar-refractivity contribution in [3.63, 3.8) is 0 Å². The highest BCUT2D eigenvalue weighted by molar-refractivity contribution is 9.10. The highest BCUT2D eigenvalue weighted by atomic mass is 79.9. The van der Waals surface area contributed by atoms with Crippen molar-refractivity contribution in [3.05, 3.63) is 64.1 Å². The van der Waals surface area contributed by atoms with Crippen molar-refractivity contribution >= 4 is 27.7 Å². The Morgan fingerprint density at radius 1 is 1.17 bits per heavy atom. The first kappa shape index (κ1) is 17.0. The van der Waals surface area contributed by atoms with Crippen LogP contribution in [0.4, 0.5) is 0 Å². The predicted molar refractivity (Wildman–Crippen MR) is 91.2 cm³/mol. The summed E-state index contributed by atoms with van der Waals surface area (Å²) in [4.78, 5) is 23.3. The summed E-state index contributed by atoms with van der Waals surface area (Å²) in [5.41, 5.74) is 6.50. The van der Waals surface area contributed by atoms with Gasteiger partial charge in [0.05, 0.1) is 11.6 Å². The number of benzene rings is 2. The normalized spacial score (nSPS) is 11.6. The fraction of sp³-hybridized carbons (Fsp3) is 0.176. The van der Waals surface area contributed by atoms with Gasteiger partial charge < -0.3 is 15.8 Å². The largest absolute Gasteiger partial charge is 0.483 e. The van der Waals surface area contributed by atoms with Crippen molar-refractivity contribution in [2.24, 2.45) is 5.73 Å². The van der Waals surface area contributed by atoms with E-state index in [0.717, 1.165) is 10.0 Å². The number of halogens is 1. The minimum absolute atomic E-state index is 0.148. The van der Waals surface area contributed by atoms with E-state index in [1.54, 1.807) is 24.3 Å². The van der Waals surface area contributed by atoms with Crippen LogP contribution in [-0.4, -0.2) is 18.4 Å². The number of hydrogen-bond donors (Lipinski definition) is 2. The van der Waals surface area contributed by atoms with Crippen LogP contribution in [-0.2, 0) is 4.79 Å². The topological polar surface area (TPSA) is 81.4 Å². The van der Waals surface area contributed by atoms with Gasteiger partial charge in [-0.15, -0.1) is 0 Å². The Morgan fingerprint density at radius 3 is 2.48 bits per heavy atom. The molecule has 0 radical (unpaired) electrons. The molecule has 0 fully saturated rings. The van der Waals surface area contributed by atoms with E-state index >= 15 is 0 Å². The number of primary amides is 1. The minimum atomic E-state index is -0.593. The van der Waals surface area contributed by atoms with Crippen molar-refractivity contribution < 1.29 is 14.3 Å². The van der Waals surface area contributed by atoms with Crippen molar-refractivity contribution in [2.75, 3.05) is 6.61 Å². The summed E-state index contributed by atoms with van der Waals surface area (Å²) in [7, 11) is 0. The number of carbonyl (C=O) groups is 2. The predicted octanol–water partition coefficient (Wildman–Crippen LogP) is 2.80. The zero-order valence-corrected chi connectivity index (χ0v) is 14.2. The van der Waals surface area contributed by atoms with E-state index in [2.05, 4.69) is 21.2 Å². The number of carbonyl (C=O) groups excluding carboxylic acids is 2. The third kappa shape index (κ3) is 4.82. The van der Waals surface area contributed by atoms with Gasteiger partial charge in [-0.3, -0.25) is 9.59 Å². The van der Waals surface area contributed by atoms with E-state index in [4.69, 9.17) is 10.5 Å². The highest BCUT2D eigenvalue weighted by Gasteiger charge is 2.12. The quantitative estimate of drug-likeness (QED) is 0.812. The summed E-state index contributed by atoms with van der Waals surface area (Å²) in [6.45, 7) is 1.70. The van der Waals surface area contributed by atoms with Gasteiger partial charge in [0.2, 0.25) is 0 Å². The first-order valence-electron chi connectivity index (χ1n) is 7.04. The van der Waals surface area contributed by atoms with Crippen LogP contribution < -0.4 is 15.8 Å². The van der Waals surface area contributed by atoms with E-state index in [1.807, 2.05) is 31.2 Å². The molecule has 23 heavy (non-hydrogen) atoms. The molecule has 5 nitrogen and oxygen atoms in total. The second-order valence-corrected chi connectivity index (χ2v) is 5.91. The average Bonchev–Trinajstić information content (AvgIpc) is 2.53. The van der Waals surface area contributed by atoms with Crippen LogP contribution in [0.1, 0.15) is 28.9 Å². The Bertz CT molecular complexity index is 701. The minimum Gasteiger partial charge on any atom is -0.483 e. The van der Waals surface area contributed by atoms with E-state index < -0.39 is 5.91 Å². The molecule has 0 heterocycles. The van der Waals surface area contributed by atoms with Crippen LogP contribution in [0.5, 0.6) is 5.75 Å². The van der Waals surface area contributed by atoms with Gasteiger partial charge in [-0.1, -0.05) is 40.2 Å². The molecule has 2 aromatic rings. The SMILES string of the molecule is CC(NC(=O)COc1ccccc1C(N)=O)c1ccc(Br)cc1. The van der Waals surface area contributed by atoms with Crippen LogP contribution in [0, 0.1) is 0 Å². The second kappa shape index (κ2) is 7.78. The van der Waals surface area contributed by atoms with Gasteiger partial charge in [0.25, 0.3) is 11.8 Å². The van der Waals surface area contributed by atoms with Gasteiger partial charge in [0.1, 0.15) is 5.75 Å². The molecule has 6 heteroatoms. The summed E-state index contributed by atoms with van der Waals surface area (Å²) in [6, 6.07) is 14.1. The van der Waals surface area contributed by atoms with Crippen molar-refractivity contribution in [1.82, 2.24) is 5.32 Å². The monoisotopic (exact) mass is 376 g/mol.